The first-order valence-electron chi connectivity index (χ1n) is 8.87. The van der Waals surface area contributed by atoms with Gasteiger partial charge in [-0.15, -0.1) is 0 Å². The first-order chi connectivity index (χ1) is 13.3. The first-order valence-corrected chi connectivity index (χ1v) is 8.87. The number of H-pyrrole nitrogens is 1. The molecule has 2 aromatic heterocycles. The molecule has 0 aliphatic rings. The Morgan fingerprint density at radius 3 is 2.33 bits per heavy atom. The van der Waals surface area contributed by atoms with Crippen LogP contribution in [0.15, 0.2) is 95.9 Å². The lowest BCUT2D eigenvalue weighted by molar-refractivity contribution is 1.28. The van der Waals surface area contributed by atoms with Gasteiger partial charge in [-0.05, 0) is 28.5 Å². The summed E-state index contributed by atoms with van der Waals surface area (Å²) in [6.07, 6.45) is 1.64. The van der Waals surface area contributed by atoms with Crippen LogP contribution in [0.4, 0.5) is 0 Å². The van der Waals surface area contributed by atoms with Gasteiger partial charge in [-0.3, -0.25) is 4.79 Å². The van der Waals surface area contributed by atoms with Crippen molar-refractivity contribution in [2.75, 3.05) is 0 Å². The van der Waals surface area contributed by atoms with Crippen LogP contribution in [0.2, 0.25) is 0 Å². The maximum absolute atomic E-state index is 12.4. The van der Waals surface area contributed by atoms with Crippen molar-refractivity contribution in [1.29, 1.82) is 0 Å². The van der Waals surface area contributed by atoms with E-state index < -0.39 is 0 Å². The SMILES string of the molecule is O=c1cc[nH]c2nc(-c3ccccc3)c(-c3ccc4ccccc4c3)cc12. The Bertz CT molecular complexity index is 1340. The van der Waals surface area contributed by atoms with Crippen LogP contribution in [0.5, 0.6) is 0 Å². The Morgan fingerprint density at radius 1 is 0.704 bits per heavy atom. The molecule has 2 heterocycles. The van der Waals surface area contributed by atoms with E-state index >= 15 is 0 Å². The molecular weight excluding hydrogens is 332 g/mol. The molecule has 0 unspecified atom stereocenters. The number of fused-ring (bicyclic) bond motifs is 2. The Kier molecular flexibility index (Phi) is 3.58. The molecule has 0 aliphatic carbocycles. The van der Waals surface area contributed by atoms with Crippen molar-refractivity contribution in [1.82, 2.24) is 9.97 Å². The fourth-order valence-corrected chi connectivity index (χ4v) is 3.49. The molecule has 3 heteroatoms. The molecule has 0 saturated carbocycles. The van der Waals surface area contributed by atoms with Gasteiger partial charge in [0, 0.05) is 23.4 Å². The number of aromatic nitrogens is 2. The van der Waals surface area contributed by atoms with Crippen LogP contribution in [0.1, 0.15) is 0 Å². The summed E-state index contributed by atoms with van der Waals surface area (Å²) < 4.78 is 0. The van der Waals surface area contributed by atoms with E-state index in [0.29, 0.717) is 11.0 Å². The van der Waals surface area contributed by atoms with Crippen LogP contribution in [0.25, 0.3) is 44.2 Å². The molecule has 0 radical (unpaired) electrons. The molecule has 3 nitrogen and oxygen atoms in total. The lowest BCUT2D eigenvalue weighted by atomic mass is 9.96. The molecule has 0 aliphatic heterocycles. The second-order valence-electron chi connectivity index (χ2n) is 6.55. The number of benzene rings is 3. The maximum atomic E-state index is 12.4. The third-order valence-corrected chi connectivity index (χ3v) is 4.85. The third kappa shape index (κ3) is 2.70. The average molecular weight is 348 g/mol. The van der Waals surface area contributed by atoms with Crippen molar-refractivity contribution in [3.63, 3.8) is 0 Å². The number of hydrogen-bond donors (Lipinski definition) is 1. The Morgan fingerprint density at radius 2 is 1.48 bits per heavy atom. The molecule has 0 saturated heterocycles. The van der Waals surface area contributed by atoms with E-state index in [1.54, 1.807) is 6.20 Å². The predicted molar refractivity (Wildman–Crippen MR) is 111 cm³/mol. The first kappa shape index (κ1) is 15.5. The highest BCUT2D eigenvalue weighted by Crippen LogP contribution is 2.33. The van der Waals surface area contributed by atoms with Crippen molar-refractivity contribution in [2.45, 2.75) is 0 Å². The molecule has 0 amide bonds. The second kappa shape index (κ2) is 6.22. The van der Waals surface area contributed by atoms with E-state index in [9.17, 15) is 4.79 Å². The zero-order valence-corrected chi connectivity index (χ0v) is 14.5. The van der Waals surface area contributed by atoms with Crippen molar-refractivity contribution < 1.29 is 0 Å². The number of aromatic amines is 1. The van der Waals surface area contributed by atoms with Gasteiger partial charge in [-0.1, -0.05) is 66.7 Å². The number of nitrogens with one attached hydrogen (secondary N) is 1. The second-order valence-corrected chi connectivity index (χ2v) is 6.55. The van der Waals surface area contributed by atoms with Crippen LogP contribution in [0, 0.1) is 0 Å². The zero-order chi connectivity index (χ0) is 18.2. The Hall–Kier alpha value is -3.72. The van der Waals surface area contributed by atoms with Gasteiger partial charge in [0.15, 0.2) is 5.43 Å². The molecule has 5 rings (SSSR count). The summed E-state index contributed by atoms with van der Waals surface area (Å²) in [5, 5.41) is 2.95. The minimum absolute atomic E-state index is 0.0297. The summed E-state index contributed by atoms with van der Waals surface area (Å²) in [7, 11) is 0. The molecule has 5 aromatic rings. The standard InChI is InChI=1S/C24H16N2O/c27-22-12-13-25-24-21(22)15-20(23(26-24)17-7-2-1-3-8-17)19-11-10-16-6-4-5-9-18(16)14-19/h1-15H,(H,25,26,27). The van der Waals surface area contributed by atoms with E-state index in [1.165, 1.54) is 11.5 Å². The lowest BCUT2D eigenvalue weighted by Crippen LogP contribution is -2.03. The molecule has 3 aromatic carbocycles. The smallest absolute Gasteiger partial charge is 0.191 e. The maximum Gasteiger partial charge on any atom is 0.191 e. The highest BCUT2D eigenvalue weighted by Gasteiger charge is 2.13. The van der Waals surface area contributed by atoms with Gasteiger partial charge in [-0.25, -0.2) is 4.98 Å². The van der Waals surface area contributed by atoms with Crippen molar-refractivity contribution >= 4 is 21.8 Å². The largest absolute Gasteiger partial charge is 0.346 e. The van der Waals surface area contributed by atoms with Gasteiger partial charge >= 0.3 is 0 Å². The van der Waals surface area contributed by atoms with Crippen molar-refractivity contribution in [2.24, 2.45) is 0 Å². The Labute approximate surface area is 156 Å². The predicted octanol–water partition coefficient (Wildman–Crippen LogP) is 5.41. The van der Waals surface area contributed by atoms with E-state index in [4.69, 9.17) is 4.98 Å². The summed E-state index contributed by atoms with van der Waals surface area (Å²) in [6.45, 7) is 0. The van der Waals surface area contributed by atoms with E-state index in [2.05, 4.69) is 35.3 Å². The van der Waals surface area contributed by atoms with Crippen LogP contribution in [-0.2, 0) is 0 Å². The minimum Gasteiger partial charge on any atom is -0.346 e. The average Bonchev–Trinajstić information content (AvgIpc) is 2.73. The molecule has 27 heavy (non-hydrogen) atoms. The summed E-state index contributed by atoms with van der Waals surface area (Å²) in [6, 6.07) is 28.2. The summed E-state index contributed by atoms with van der Waals surface area (Å²) in [4.78, 5) is 20.3. The van der Waals surface area contributed by atoms with Crippen LogP contribution < -0.4 is 5.43 Å². The molecule has 1 N–H and O–H groups in total. The Balaban J connectivity index is 1.85. The number of rotatable bonds is 2. The van der Waals surface area contributed by atoms with Gasteiger partial charge < -0.3 is 4.98 Å². The van der Waals surface area contributed by atoms with Gasteiger partial charge in [0.05, 0.1) is 11.1 Å². The van der Waals surface area contributed by atoms with Crippen molar-refractivity contribution in [3.05, 3.63) is 101 Å². The van der Waals surface area contributed by atoms with Gasteiger partial charge in [-0.2, -0.15) is 0 Å². The molecule has 0 spiro atoms. The highest BCUT2D eigenvalue weighted by molar-refractivity contribution is 5.94. The molecule has 0 bridgehead atoms. The van der Waals surface area contributed by atoms with Gasteiger partial charge in [0.1, 0.15) is 5.65 Å². The quantitative estimate of drug-likeness (QED) is 0.463. The summed E-state index contributed by atoms with van der Waals surface area (Å²) in [5.74, 6) is 0. The fraction of sp³-hybridized carbons (Fsp3) is 0. The highest BCUT2D eigenvalue weighted by atomic mass is 16.1. The van der Waals surface area contributed by atoms with Gasteiger partial charge in [0.25, 0.3) is 0 Å². The zero-order valence-electron chi connectivity index (χ0n) is 14.5. The molecule has 0 fully saturated rings. The lowest BCUT2D eigenvalue weighted by Gasteiger charge is -2.12. The minimum atomic E-state index is -0.0297. The fourth-order valence-electron chi connectivity index (χ4n) is 3.49. The number of pyridine rings is 2. The van der Waals surface area contributed by atoms with E-state index in [1.807, 2.05) is 48.5 Å². The summed E-state index contributed by atoms with van der Waals surface area (Å²) >= 11 is 0. The molecule has 128 valence electrons. The van der Waals surface area contributed by atoms with Crippen molar-refractivity contribution in [3.8, 4) is 22.4 Å². The number of nitrogens with zero attached hydrogens (tertiary/aromatic N) is 1. The molecular formula is C24H16N2O. The van der Waals surface area contributed by atoms with Crippen LogP contribution >= 0.6 is 0 Å². The van der Waals surface area contributed by atoms with E-state index in [-0.39, 0.29) is 5.43 Å². The van der Waals surface area contributed by atoms with Crippen LogP contribution in [-0.4, -0.2) is 9.97 Å². The van der Waals surface area contributed by atoms with Crippen LogP contribution in [0.3, 0.4) is 0 Å². The third-order valence-electron chi connectivity index (χ3n) is 4.85. The number of hydrogen-bond acceptors (Lipinski definition) is 2. The normalized spacial score (nSPS) is 11.1. The van der Waals surface area contributed by atoms with E-state index in [0.717, 1.165) is 27.8 Å². The molecule has 0 atom stereocenters. The monoisotopic (exact) mass is 348 g/mol. The summed E-state index contributed by atoms with van der Waals surface area (Å²) in [5.41, 5.74) is 4.46. The van der Waals surface area contributed by atoms with Gasteiger partial charge in [0.2, 0.25) is 0 Å². The topological polar surface area (TPSA) is 45.8 Å².